The van der Waals surface area contributed by atoms with Crippen LogP contribution in [0.25, 0.3) is 11.4 Å². The van der Waals surface area contributed by atoms with Gasteiger partial charge in [0.25, 0.3) is 5.56 Å². The van der Waals surface area contributed by atoms with Crippen LogP contribution in [-0.4, -0.2) is 28.5 Å². The number of benzene rings is 2. The van der Waals surface area contributed by atoms with Gasteiger partial charge in [-0.3, -0.25) is 14.2 Å². The number of esters is 1. The highest BCUT2D eigenvalue weighted by molar-refractivity contribution is 6.01. The Labute approximate surface area is 172 Å². The maximum atomic E-state index is 13.3. The van der Waals surface area contributed by atoms with Crippen molar-refractivity contribution in [2.75, 3.05) is 12.4 Å². The average Bonchev–Trinajstić information content (AvgIpc) is 2.75. The van der Waals surface area contributed by atoms with Crippen molar-refractivity contribution in [1.29, 1.82) is 0 Å². The maximum Gasteiger partial charge on any atom is 0.339 e. The molecule has 1 N–H and O–H groups in total. The number of nitrogens with one attached hydrogen (secondary N) is 1. The zero-order valence-electron chi connectivity index (χ0n) is 16.5. The quantitative estimate of drug-likeness (QED) is 0.632. The number of rotatable bonds is 6. The number of hydrogen-bond acceptors (Lipinski definition) is 5. The van der Waals surface area contributed by atoms with Crippen molar-refractivity contribution in [3.05, 3.63) is 82.0 Å². The zero-order valence-corrected chi connectivity index (χ0v) is 16.5. The van der Waals surface area contributed by atoms with Gasteiger partial charge in [0, 0.05) is 17.3 Å². The highest BCUT2D eigenvalue weighted by Crippen LogP contribution is 2.19. The second-order valence-electron chi connectivity index (χ2n) is 6.44. The Morgan fingerprint density at radius 1 is 1.13 bits per heavy atom. The number of ether oxygens (including phenoxy) is 1. The van der Waals surface area contributed by atoms with Crippen molar-refractivity contribution in [3.63, 3.8) is 0 Å². The minimum absolute atomic E-state index is 0.193. The molecule has 0 spiro atoms. The van der Waals surface area contributed by atoms with Crippen LogP contribution in [0, 0.1) is 5.82 Å². The summed E-state index contributed by atoms with van der Waals surface area (Å²) in [5, 5.41) is 2.63. The van der Waals surface area contributed by atoms with E-state index in [2.05, 4.69) is 10.3 Å². The van der Waals surface area contributed by atoms with E-state index in [4.69, 9.17) is 4.74 Å². The molecule has 2 aromatic carbocycles. The standard InChI is InChI=1S/C22H20FN3O4/c1-3-16-12-20(28)26(21(24-16)14-8-10-15(23)11-9-14)13-19(27)25-18-7-5-4-6-17(18)22(29)30-2/h4-12H,3,13H2,1-2H3,(H,25,27). The molecule has 0 fully saturated rings. The summed E-state index contributed by atoms with van der Waals surface area (Å²) in [7, 11) is 1.25. The van der Waals surface area contributed by atoms with Crippen molar-refractivity contribution < 1.29 is 18.7 Å². The third-order valence-corrected chi connectivity index (χ3v) is 4.43. The van der Waals surface area contributed by atoms with Gasteiger partial charge in [-0.2, -0.15) is 0 Å². The topological polar surface area (TPSA) is 90.3 Å². The third-order valence-electron chi connectivity index (χ3n) is 4.43. The number of carbonyl (C=O) groups excluding carboxylic acids is 2. The highest BCUT2D eigenvalue weighted by Gasteiger charge is 2.17. The highest BCUT2D eigenvalue weighted by atomic mass is 19.1. The second kappa shape index (κ2) is 9.13. The second-order valence-corrected chi connectivity index (χ2v) is 6.44. The van der Waals surface area contributed by atoms with Crippen LogP contribution < -0.4 is 10.9 Å². The molecule has 0 atom stereocenters. The first-order valence-electron chi connectivity index (χ1n) is 9.26. The van der Waals surface area contributed by atoms with Crippen LogP contribution in [0.5, 0.6) is 0 Å². The Morgan fingerprint density at radius 2 is 1.83 bits per heavy atom. The molecule has 3 aromatic rings. The lowest BCUT2D eigenvalue weighted by atomic mass is 10.1. The number of carbonyl (C=O) groups is 2. The van der Waals surface area contributed by atoms with Gasteiger partial charge in [0.1, 0.15) is 18.2 Å². The number of methoxy groups -OCH3 is 1. The van der Waals surface area contributed by atoms with Crippen LogP contribution in [0.4, 0.5) is 10.1 Å². The zero-order chi connectivity index (χ0) is 21.7. The van der Waals surface area contributed by atoms with Gasteiger partial charge in [-0.15, -0.1) is 0 Å². The molecule has 1 aromatic heterocycles. The first-order valence-corrected chi connectivity index (χ1v) is 9.26. The first-order chi connectivity index (χ1) is 14.4. The fourth-order valence-electron chi connectivity index (χ4n) is 2.92. The number of aryl methyl sites for hydroxylation is 1. The fourth-order valence-corrected chi connectivity index (χ4v) is 2.92. The fraction of sp³-hybridized carbons (Fsp3) is 0.182. The molecule has 0 radical (unpaired) electrons. The minimum Gasteiger partial charge on any atom is -0.465 e. The number of para-hydroxylation sites is 1. The molecule has 0 bridgehead atoms. The SMILES string of the molecule is CCc1cc(=O)n(CC(=O)Nc2ccccc2C(=O)OC)c(-c2ccc(F)cc2)n1. The van der Waals surface area contributed by atoms with Crippen LogP contribution in [0.15, 0.2) is 59.4 Å². The van der Waals surface area contributed by atoms with E-state index in [1.165, 1.54) is 48.1 Å². The van der Waals surface area contributed by atoms with Crippen LogP contribution >= 0.6 is 0 Å². The lowest BCUT2D eigenvalue weighted by Gasteiger charge is -2.14. The molecule has 154 valence electrons. The molecule has 0 aliphatic rings. The van der Waals surface area contributed by atoms with Gasteiger partial charge < -0.3 is 10.1 Å². The smallest absolute Gasteiger partial charge is 0.339 e. The van der Waals surface area contributed by atoms with E-state index in [9.17, 15) is 18.8 Å². The molecule has 0 saturated carbocycles. The monoisotopic (exact) mass is 409 g/mol. The van der Waals surface area contributed by atoms with Crippen molar-refractivity contribution in [3.8, 4) is 11.4 Å². The normalized spacial score (nSPS) is 10.5. The van der Waals surface area contributed by atoms with Crippen LogP contribution in [0.2, 0.25) is 0 Å². The summed E-state index contributed by atoms with van der Waals surface area (Å²) in [4.78, 5) is 41.7. The maximum absolute atomic E-state index is 13.3. The summed E-state index contributed by atoms with van der Waals surface area (Å²) in [6, 6.07) is 13.3. The molecular formula is C22H20FN3O4. The van der Waals surface area contributed by atoms with Crippen molar-refractivity contribution in [1.82, 2.24) is 9.55 Å². The number of nitrogens with zero attached hydrogens (tertiary/aromatic N) is 2. The summed E-state index contributed by atoms with van der Waals surface area (Å²) in [6.45, 7) is 1.52. The number of aromatic nitrogens is 2. The van der Waals surface area contributed by atoms with E-state index in [-0.39, 0.29) is 23.6 Å². The van der Waals surface area contributed by atoms with Gasteiger partial charge in [0.05, 0.1) is 18.4 Å². The van der Waals surface area contributed by atoms with Crippen molar-refractivity contribution >= 4 is 17.6 Å². The average molecular weight is 409 g/mol. The van der Waals surface area contributed by atoms with Gasteiger partial charge in [-0.05, 0) is 42.8 Å². The van der Waals surface area contributed by atoms with Gasteiger partial charge in [-0.25, -0.2) is 14.2 Å². The summed E-state index contributed by atoms with van der Waals surface area (Å²) >= 11 is 0. The predicted molar refractivity (Wildman–Crippen MR) is 110 cm³/mol. The number of amides is 1. The largest absolute Gasteiger partial charge is 0.465 e. The molecule has 0 aliphatic carbocycles. The van der Waals surface area contributed by atoms with Gasteiger partial charge in [-0.1, -0.05) is 19.1 Å². The molecule has 30 heavy (non-hydrogen) atoms. The Kier molecular flexibility index (Phi) is 6.36. The van der Waals surface area contributed by atoms with Crippen LogP contribution in [0.1, 0.15) is 23.0 Å². The molecular weight excluding hydrogens is 389 g/mol. The van der Waals surface area contributed by atoms with E-state index >= 15 is 0 Å². The van der Waals surface area contributed by atoms with E-state index in [0.717, 1.165) is 0 Å². The Balaban J connectivity index is 1.95. The lowest BCUT2D eigenvalue weighted by Crippen LogP contribution is -2.30. The van der Waals surface area contributed by atoms with Gasteiger partial charge in [0.2, 0.25) is 5.91 Å². The number of halogens is 1. The molecule has 1 amide bonds. The van der Waals surface area contributed by atoms with Crippen molar-refractivity contribution in [2.24, 2.45) is 0 Å². The van der Waals surface area contributed by atoms with Crippen LogP contribution in [0.3, 0.4) is 0 Å². The molecule has 1 heterocycles. The Bertz CT molecular complexity index is 1140. The lowest BCUT2D eigenvalue weighted by molar-refractivity contribution is -0.116. The Morgan fingerprint density at radius 3 is 2.50 bits per heavy atom. The minimum atomic E-state index is -0.593. The number of hydrogen-bond donors (Lipinski definition) is 1. The Hall–Kier alpha value is -3.81. The summed E-state index contributed by atoms with van der Waals surface area (Å²) in [6.07, 6.45) is 0.531. The first kappa shape index (κ1) is 20.9. The van der Waals surface area contributed by atoms with Gasteiger partial charge in [0.15, 0.2) is 0 Å². The van der Waals surface area contributed by atoms with E-state index in [1.54, 1.807) is 18.2 Å². The van der Waals surface area contributed by atoms with E-state index in [0.29, 0.717) is 17.7 Å². The summed E-state index contributed by atoms with van der Waals surface area (Å²) < 4.78 is 19.3. The molecule has 8 heteroatoms. The molecule has 0 aliphatic heterocycles. The number of anilines is 1. The van der Waals surface area contributed by atoms with Crippen LogP contribution in [-0.2, 0) is 22.5 Å². The molecule has 0 unspecified atom stereocenters. The molecule has 0 saturated heterocycles. The van der Waals surface area contributed by atoms with Crippen molar-refractivity contribution in [2.45, 2.75) is 19.9 Å². The summed E-state index contributed by atoms with van der Waals surface area (Å²) in [5.41, 5.74) is 1.12. The van der Waals surface area contributed by atoms with E-state index in [1.807, 2.05) is 6.92 Å². The van der Waals surface area contributed by atoms with Gasteiger partial charge >= 0.3 is 5.97 Å². The summed E-state index contributed by atoms with van der Waals surface area (Å²) in [5.74, 6) is -1.28. The van der Waals surface area contributed by atoms with E-state index < -0.39 is 23.3 Å². The predicted octanol–water partition coefficient (Wildman–Crippen LogP) is 3.04. The third kappa shape index (κ3) is 4.60. The molecule has 7 nitrogen and oxygen atoms in total. The molecule has 3 rings (SSSR count).